The summed E-state index contributed by atoms with van der Waals surface area (Å²) in [5, 5.41) is 10.8. The molecular weight excluding hydrogens is 206 g/mol. The van der Waals surface area contributed by atoms with Crippen LogP contribution in [0.4, 0.5) is 5.69 Å². The van der Waals surface area contributed by atoms with Gasteiger partial charge in [-0.25, -0.2) is 0 Å². The normalized spacial score (nSPS) is 10.5. The number of nitro groups is 1. The highest BCUT2D eigenvalue weighted by Gasteiger charge is 2.14. The summed E-state index contributed by atoms with van der Waals surface area (Å²) in [6, 6.07) is 4.91. The molecule has 0 atom stereocenters. The lowest BCUT2D eigenvalue weighted by Crippen LogP contribution is -2.03. The van der Waals surface area contributed by atoms with Crippen LogP contribution in [0.25, 0.3) is 0 Å². The van der Waals surface area contributed by atoms with E-state index < -0.39 is 4.92 Å². The first kappa shape index (κ1) is 12.5. The Morgan fingerprint density at radius 1 is 1.44 bits per heavy atom. The third-order valence-electron chi connectivity index (χ3n) is 2.26. The molecule has 0 amide bonds. The molecular formula is C12H17NO3. The maximum absolute atomic E-state index is 10.8. The summed E-state index contributed by atoms with van der Waals surface area (Å²) < 4.78 is 5.45. The summed E-state index contributed by atoms with van der Waals surface area (Å²) in [6.07, 6.45) is 0.894. The van der Waals surface area contributed by atoms with Gasteiger partial charge < -0.3 is 4.74 Å². The summed E-state index contributed by atoms with van der Waals surface area (Å²) >= 11 is 0. The smallest absolute Gasteiger partial charge is 0.310 e. The van der Waals surface area contributed by atoms with Gasteiger partial charge in [0.25, 0.3) is 0 Å². The number of nitrogens with zero attached hydrogens (tertiary/aromatic N) is 1. The van der Waals surface area contributed by atoms with E-state index >= 15 is 0 Å². The number of benzene rings is 1. The van der Waals surface area contributed by atoms with Gasteiger partial charge in [-0.1, -0.05) is 19.9 Å². The molecule has 1 rings (SSSR count). The predicted octanol–water partition coefficient (Wildman–Crippen LogP) is 3.33. The average Bonchev–Trinajstić information content (AvgIpc) is 2.16. The molecule has 4 nitrogen and oxygen atoms in total. The standard InChI is InChI=1S/C12H17NO3/c1-9(2)6-7-16-12-8-10(3)4-5-11(12)13(14)15/h4-5,8-9H,6-7H2,1-3H3. The lowest BCUT2D eigenvalue weighted by molar-refractivity contribution is -0.385. The molecule has 0 saturated carbocycles. The molecule has 0 aromatic heterocycles. The van der Waals surface area contributed by atoms with Crippen molar-refractivity contribution in [3.8, 4) is 5.75 Å². The van der Waals surface area contributed by atoms with E-state index in [1.54, 1.807) is 12.1 Å². The molecule has 0 N–H and O–H groups in total. The number of aryl methyl sites for hydroxylation is 1. The van der Waals surface area contributed by atoms with Crippen molar-refractivity contribution in [3.63, 3.8) is 0 Å². The van der Waals surface area contributed by atoms with Crippen LogP contribution in [0.3, 0.4) is 0 Å². The lowest BCUT2D eigenvalue weighted by Gasteiger charge is -2.08. The van der Waals surface area contributed by atoms with Crippen LogP contribution in [0.15, 0.2) is 18.2 Å². The van der Waals surface area contributed by atoms with Gasteiger partial charge in [-0.2, -0.15) is 0 Å². The van der Waals surface area contributed by atoms with Crippen molar-refractivity contribution < 1.29 is 9.66 Å². The van der Waals surface area contributed by atoms with Crippen LogP contribution in [0.2, 0.25) is 0 Å². The maximum Gasteiger partial charge on any atom is 0.310 e. The van der Waals surface area contributed by atoms with E-state index in [1.165, 1.54) is 6.07 Å². The molecule has 0 radical (unpaired) electrons. The van der Waals surface area contributed by atoms with Crippen LogP contribution in [-0.2, 0) is 0 Å². The van der Waals surface area contributed by atoms with E-state index in [2.05, 4.69) is 13.8 Å². The molecule has 0 aliphatic rings. The Labute approximate surface area is 95.4 Å². The average molecular weight is 223 g/mol. The zero-order chi connectivity index (χ0) is 12.1. The van der Waals surface area contributed by atoms with Crippen LogP contribution >= 0.6 is 0 Å². The molecule has 0 aliphatic heterocycles. The number of rotatable bonds is 5. The van der Waals surface area contributed by atoms with Crippen LogP contribution in [-0.4, -0.2) is 11.5 Å². The number of hydrogen-bond donors (Lipinski definition) is 0. The highest BCUT2D eigenvalue weighted by atomic mass is 16.6. The van der Waals surface area contributed by atoms with Crippen molar-refractivity contribution in [2.45, 2.75) is 27.2 Å². The van der Waals surface area contributed by atoms with Crippen molar-refractivity contribution in [1.82, 2.24) is 0 Å². The first-order valence-corrected chi connectivity index (χ1v) is 5.38. The molecule has 1 aromatic rings. The molecule has 0 heterocycles. The van der Waals surface area contributed by atoms with Crippen molar-refractivity contribution in [2.75, 3.05) is 6.61 Å². The maximum atomic E-state index is 10.8. The van der Waals surface area contributed by atoms with Crippen LogP contribution in [0.5, 0.6) is 5.75 Å². The summed E-state index contributed by atoms with van der Waals surface area (Å²) in [7, 11) is 0. The van der Waals surface area contributed by atoms with Crippen LogP contribution in [0, 0.1) is 23.0 Å². The van der Waals surface area contributed by atoms with E-state index in [9.17, 15) is 10.1 Å². The van der Waals surface area contributed by atoms with Gasteiger partial charge >= 0.3 is 5.69 Å². The molecule has 0 bridgehead atoms. The fraction of sp³-hybridized carbons (Fsp3) is 0.500. The van der Waals surface area contributed by atoms with E-state index in [4.69, 9.17) is 4.74 Å². The van der Waals surface area contributed by atoms with Crippen LogP contribution in [0.1, 0.15) is 25.8 Å². The van der Waals surface area contributed by atoms with Crippen molar-refractivity contribution in [3.05, 3.63) is 33.9 Å². The van der Waals surface area contributed by atoms with Gasteiger partial charge in [0.05, 0.1) is 11.5 Å². The van der Waals surface area contributed by atoms with Gasteiger partial charge in [0, 0.05) is 6.07 Å². The first-order chi connectivity index (χ1) is 7.50. The molecule has 1 aromatic carbocycles. The van der Waals surface area contributed by atoms with E-state index in [1.807, 2.05) is 6.92 Å². The van der Waals surface area contributed by atoms with Crippen LogP contribution < -0.4 is 4.74 Å². The second kappa shape index (κ2) is 5.49. The highest BCUT2D eigenvalue weighted by molar-refractivity contribution is 5.48. The van der Waals surface area contributed by atoms with E-state index in [0.717, 1.165) is 12.0 Å². The minimum Gasteiger partial charge on any atom is -0.487 e. The minimum absolute atomic E-state index is 0.0364. The second-order valence-corrected chi connectivity index (χ2v) is 4.26. The summed E-state index contributed by atoms with van der Waals surface area (Å²) in [5.41, 5.74) is 1.000. The van der Waals surface area contributed by atoms with E-state index in [0.29, 0.717) is 18.3 Å². The summed E-state index contributed by atoms with van der Waals surface area (Å²) in [6.45, 7) is 6.59. The molecule has 4 heteroatoms. The Hall–Kier alpha value is -1.58. The first-order valence-electron chi connectivity index (χ1n) is 5.38. The van der Waals surface area contributed by atoms with Crippen molar-refractivity contribution in [2.24, 2.45) is 5.92 Å². The van der Waals surface area contributed by atoms with Gasteiger partial charge in [-0.05, 0) is 30.9 Å². The fourth-order valence-electron chi connectivity index (χ4n) is 1.29. The molecule has 0 fully saturated rings. The van der Waals surface area contributed by atoms with Crippen molar-refractivity contribution in [1.29, 1.82) is 0 Å². The quantitative estimate of drug-likeness (QED) is 0.568. The third kappa shape index (κ3) is 3.53. The molecule has 16 heavy (non-hydrogen) atoms. The minimum atomic E-state index is -0.413. The lowest BCUT2D eigenvalue weighted by atomic mass is 10.1. The Kier molecular flexibility index (Phi) is 4.28. The molecule has 0 aliphatic carbocycles. The number of hydrogen-bond acceptors (Lipinski definition) is 3. The van der Waals surface area contributed by atoms with Gasteiger partial charge in [-0.3, -0.25) is 10.1 Å². The summed E-state index contributed by atoms with van der Waals surface area (Å²) in [4.78, 5) is 10.3. The zero-order valence-corrected chi connectivity index (χ0v) is 9.90. The second-order valence-electron chi connectivity index (χ2n) is 4.26. The Balaban J connectivity index is 2.76. The molecule has 0 spiro atoms. The molecule has 0 unspecified atom stereocenters. The van der Waals surface area contributed by atoms with Gasteiger partial charge in [0.1, 0.15) is 0 Å². The third-order valence-corrected chi connectivity index (χ3v) is 2.26. The topological polar surface area (TPSA) is 52.4 Å². The molecule has 0 saturated heterocycles. The Bertz CT molecular complexity index is 375. The Morgan fingerprint density at radius 2 is 2.12 bits per heavy atom. The number of nitro benzene ring substituents is 1. The van der Waals surface area contributed by atoms with Gasteiger partial charge in [0.15, 0.2) is 5.75 Å². The zero-order valence-electron chi connectivity index (χ0n) is 9.90. The Morgan fingerprint density at radius 3 is 2.69 bits per heavy atom. The van der Waals surface area contributed by atoms with Gasteiger partial charge in [0.2, 0.25) is 0 Å². The summed E-state index contributed by atoms with van der Waals surface area (Å²) in [5.74, 6) is 0.898. The molecule has 88 valence electrons. The predicted molar refractivity (Wildman–Crippen MR) is 62.8 cm³/mol. The van der Waals surface area contributed by atoms with Crippen molar-refractivity contribution >= 4 is 5.69 Å². The monoisotopic (exact) mass is 223 g/mol. The largest absolute Gasteiger partial charge is 0.487 e. The van der Waals surface area contributed by atoms with Gasteiger partial charge in [-0.15, -0.1) is 0 Å². The number of ether oxygens (including phenoxy) is 1. The van der Waals surface area contributed by atoms with E-state index in [-0.39, 0.29) is 5.69 Å². The fourth-order valence-corrected chi connectivity index (χ4v) is 1.29. The SMILES string of the molecule is Cc1ccc([N+](=O)[O-])c(OCCC(C)C)c1. The highest BCUT2D eigenvalue weighted by Crippen LogP contribution is 2.27.